The molecule has 0 radical (unpaired) electrons. The van der Waals surface area contributed by atoms with Crippen LogP contribution in [0, 0.1) is 0 Å². The van der Waals surface area contributed by atoms with Gasteiger partial charge in [0, 0.05) is 23.9 Å². The molecule has 2 amide bonds. The van der Waals surface area contributed by atoms with Crippen LogP contribution in [0.3, 0.4) is 0 Å². The number of nitrogens with one attached hydrogen (secondary N) is 2. The maximum absolute atomic E-state index is 12.3. The molecule has 0 fully saturated rings. The van der Waals surface area contributed by atoms with Gasteiger partial charge in [-0.15, -0.1) is 0 Å². The molecule has 2 N–H and O–H groups in total. The zero-order valence-electron chi connectivity index (χ0n) is 12.8. The Kier molecular flexibility index (Phi) is 5.09. The predicted molar refractivity (Wildman–Crippen MR) is 86.5 cm³/mol. The molecule has 6 heteroatoms. The van der Waals surface area contributed by atoms with Crippen LogP contribution in [0.2, 0.25) is 0 Å². The standard InChI is InChI=1S/C17H16N2O4/c1-11(20)18-14-7-4-8-15(10-14)19-16(21)12-5-3-6-13(9-12)17(22)23-2/h3-10H,1-2H3,(H,18,20)(H,19,21). The second kappa shape index (κ2) is 7.22. The van der Waals surface area contributed by atoms with Crippen molar-refractivity contribution >= 4 is 29.2 Å². The first kappa shape index (κ1) is 16.2. The highest BCUT2D eigenvalue weighted by molar-refractivity contribution is 6.06. The van der Waals surface area contributed by atoms with E-state index in [1.807, 2.05) is 0 Å². The molecule has 0 spiro atoms. The molecule has 0 unspecified atom stereocenters. The third kappa shape index (κ3) is 4.41. The maximum atomic E-state index is 12.3. The van der Waals surface area contributed by atoms with Crippen molar-refractivity contribution in [1.29, 1.82) is 0 Å². The van der Waals surface area contributed by atoms with E-state index in [0.717, 1.165) is 0 Å². The van der Waals surface area contributed by atoms with Crippen molar-refractivity contribution < 1.29 is 19.1 Å². The summed E-state index contributed by atoms with van der Waals surface area (Å²) in [7, 11) is 1.28. The Hall–Kier alpha value is -3.15. The lowest BCUT2D eigenvalue weighted by Crippen LogP contribution is -2.13. The summed E-state index contributed by atoms with van der Waals surface area (Å²) in [5, 5.41) is 5.35. The van der Waals surface area contributed by atoms with Crippen LogP contribution in [0.25, 0.3) is 0 Å². The highest BCUT2D eigenvalue weighted by Gasteiger charge is 2.11. The van der Waals surface area contributed by atoms with Gasteiger partial charge in [-0.25, -0.2) is 4.79 Å². The van der Waals surface area contributed by atoms with Gasteiger partial charge in [-0.05, 0) is 36.4 Å². The molecule has 0 bridgehead atoms. The number of carbonyl (C=O) groups is 3. The van der Waals surface area contributed by atoms with Crippen LogP contribution in [0.1, 0.15) is 27.6 Å². The van der Waals surface area contributed by atoms with Crippen molar-refractivity contribution in [3.05, 3.63) is 59.7 Å². The number of hydrogen-bond acceptors (Lipinski definition) is 4. The van der Waals surface area contributed by atoms with Crippen molar-refractivity contribution in [3.63, 3.8) is 0 Å². The first-order valence-electron chi connectivity index (χ1n) is 6.87. The van der Waals surface area contributed by atoms with Gasteiger partial charge in [0.15, 0.2) is 0 Å². The SMILES string of the molecule is COC(=O)c1cccc(C(=O)Nc2cccc(NC(C)=O)c2)c1. The van der Waals surface area contributed by atoms with Gasteiger partial charge < -0.3 is 15.4 Å². The molecule has 2 aromatic carbocycles. The average molecular weight is 312 g/mol. The van der Waals surface area contributed by atoms with Crippen LogP contribution >= 0.6 is 0 Å². The molecule has 0 aliphatic rings. The lowest BCUT2D eigenvalue weighted by molar-refractivity contribution is -0.114. The number of benzene rings is 2. The lowest BCUT2D eigenvalue weighted by atomic mass is 10.1. The Morgan fingerprint density at radius 2 is 1.48 bits per heavy atom. The molecule has 0 aliphatic carbocycles. The minimum absolute atomic E-state index is 0.195. The number of amides is 2. The zero-order valence-corrected chi connectivity index (χ0v) is 12.8. The van der Waals surface area contributed by atoms with E-state index in [9.17, 15) is 14.4 Å². The smallest absolute Gasteiger partial charge is 0.337 e. The largest absolute Gasteiger partial charge is 0.465 e. The predicted octanol–water partition coefficient (Wildman–Crippen LogP) is 2.68. The molecule has 0 atom stereocenters. The second-order valence-electron chi connectivity index (χ2n) is 4.79. The third-order valence-electron chi connectivity index (χ3n) is 2.99. The summed E-state index contributed by atoms with van der Waals surface area (Å²) in [6.07, 6.45) is 0. The first-order chi connectivity index (χ1) is 11.0. The highest BCUT2D eigenvalue weighted by atomic mass is 16.5. The summed E-state index contributed by atoms with van der Waals surface area (Å²) < 4.78 is 4.63. The zero-order chi connectivity index (χ0) is 16.8. The fraction of sp³-hybridized carbons (Fsp3) is 0.118. The van der Waals surface area contributed by atoms with Crippen molar-refractivity contribution in [1.82, 2.24) is 0 Å². The molecule has 2 rings (SSSR count). The molecule has 118 valence electrons. The molecular formula is C17H16N2O4. The number of esters is 1. The van der Waals surface area contributed by atoms with Gasteiger partial charge in [0.25, 0.3) is 5.91 Å². The third-order valence-corrected chi connectivity index (χ3v) is 2.99. The summed E-state index contributed by atoms with van der Waals surface area (Å²) >= 11 is 0. The number of ether oxygens (including phenoxy) is 1. The monoisotopic (exact) mass is 312 g/mol. The van der Waals surface area contributed by atoms with Gasteiger partial charge in [0.05, 0.1) is 12.7 Å². The van der Waals surface area contributed by atoms with E-state index in [0.29, 0.717) is 22.5 Å². The van der Waals surface area contributed by atoms with E-state index in [-0.39, 0.29) is 11.8 Å². The van der Waals surface area contributed by atoms with E-state index in [1.54, 1.807) is 42.5 Å². The Morgan fingerprint density at radius 1 is 0.870 bits per heavy atom. The highest BCUT2D eigenvalue weighted by Crippen LogP contribution is 2.16. The van der Waals surface area contributed by atoms with Crippen LogP contribution in [-0.2, 0) is 9.53 Å². The fourth-order valence-electron chi connectivity index (χ4n) is 1.99. The molecule has 0 heterocycles. The van der Waals surface area contributed by atoms with Gasteiger partial charge in [-0.1, -0.05) is 12.1 Å². The van der Waals surface area contributed by atoms with E-state index in [2.05, 4.69) is 15.4 Å². The number of hydrogen-bond donors (Lipinski definition) is 2. The number of methoxy groups -OCH3 is 1. The maximum Gasteiger partial charge on any atom is 0.337 e. The Bertz CT molecular complexity index is 756. The van der Waals surface area contributed by atoms with Gasteiger partial charge in [0.2, 0.25) is 5.91 Å². The van der Waals surface area contributed by atoms with Crippen LogP contribution in [0.15, 0.2) is 48.5 Å². The van der Waals surface area contributed by atoms with Crippen LogP contribution in [-0.4, -0.2) is 24.9 Å². The molecule has 0 aliphatic heterocycles. The molecular weight excluding hydrogens is 296 g/mol. The van der Waals surface area contributed by atoms with Crippen molar-refractivity contribution in [3.8, 4) is 0 Å². The summed E-state index contributed by atoms with van der Waals surface area (Å²) in [5.41, 5.74) is 1.74. The van der Waals surface area contributed by atoms with Gasteiger partial charge in [-0.3, -0.25) is 9.59 Å². The Labute approximate surface area is 133 Å². The number of carbonyl (C=O) groups excluding carboxylic acids is 3. The van der Waals surface area contributed by atoms with Crippen molar-refractivity contribution in [2.45, 2.75) is 6.92 Å². The summed E-state index contributed by atoms with van der Waals surface area (Å²) in [6.45, 7) is 1.41. The molecule has 2 aromatic rings. The minimum Gasteiger partial charge on any atom is -0.465 e. The summed E-state index contributed by atoms with van der Waals surface area (Å²) in [6, 6.07) is 13.0. The van der Waals surface area contributed by atoms with E-state index < -0.39 is 5.97 Å². The second-order valence-corrected chi connectivity index (χ2v) is 4.79. The van der Waals surface area contributed by atoms with Crippen LogP contribution in [0.4, 0.5) is 11.4 Å². The molecule has 0 aromatic heterocycles. The van der Waals surface area contributed by atoms with Gasteiger partial charge in [-0.2, -0.15) is 0 Å². The van der Waals surface area contributed by atoms with Crippen LogP contribution in [0.5, 0.6) is 0 Å². The van der Waals surface area contributed by atoms with Crippen molar-refractivity contribution in [2.75, 3.05) is 17.7 Å². The van der Waals surface area contributed by atoms with E-state index in [1.165, 1.54) is 20.1 Å². The van der Waals surface area contributed by atoms with E-state index >= 15 is 0 Å². The minimum atomic E-state index is -0.507. The number of rotatable bonds is 4. The average Bonchev–Trinajstić information content (AvgIpc) is 2.54. The quantitative estimate of drug-likeness (QED) is 0.850. The Morgan fingerprint density at radius 3 is 2.13 bits per heavy atom. The lowest BCUT2D eigenvalue weighted by Gasteiger charge is -2.08. The molecule has 6 nitrogen and oxygen atoms in total. The molecule has 23 heavy (non-hydrogen) atoms. The summed E-state index contributed by atoms with van der Waals surface area (Å²) in [5.74, 6) is -1.07. The van der Waals surface area contributed by atoms with Gasteiger partial charge in [0.1, 0.15) is 0 Å². The van der Waals surface area contributed by atoms with Crippen molar-refractivity contribution in [2.24, 2.45) is 0 Å². The fourth-order valence-corrected chi connectivity index (χ4v) is 1.99. The summed E-state index contributed by atoms with van der Waals surface area (Å²) in [4.78, 5) is 34.8. The number of anilines is 2. The normalized spacial score (nSPS) is 9.83. The molecule has 0 saturated carbocycles. The topological polar surface area (TPSA) is 84.5 Å². The van der Waals surface area contributed by atoms with Gasteiger partial charge >= 0.3 is 5.97 Å². The first-order valence-corrected chi connectivity index (χ1v) is 6.87. The van der Waals surface area contributed by atoms with E-state index in [4.69, 9.17) is 0 Å². The Balaban J connectivity index is 2.16. The van der Waals surface area contributed by atoms with Crippen LogP contribution < -0.4 is 10.6 Å². The molecule has 0 saturated heterocycles.